The summed E-state index contributed by atoms with van der Waals surface area (Å²) in [6, 6.07) is 0. The van der Waals surface area contributed by atoms with E-state index in [1.807, 2.05) is 0 Å². The number of aromatic nitrogens is 2. The van der Waals surface area contributed by atoms with Gasteiger partial charge in [0.15, 0.2) is 5.15 Å². The lowest BCUT2D eigenvalue weighted by molar-refractivity contribution is 0.329. The number of nitrogens with zero attached hydrogens (tertiary/aromatic N) is 2. The Balaban J connectivity index is 2.23. The van der Waals surface area contributed by atoms with Crippen molar-refractivity contribution in [2.24, 2.45) is 5.92 Å². The van der Waals surface area contributed by atoms with Gasteiger partial charge in [0, 0.05) is 13.1 Å². The van der Waals surface area contributed by atoms with Crippen molar-refractivity contribution >= 4 is 11.6 Å². The standard InChI is InChI=1S/C11H15ClFN3O2/c1-2-15-4-3-7(5-15)6-16-10(17)8(13)9(12)14-11(16)18/h7H,2-6H2,1H3,(H,14,18). The normalized spacial score (nSPS) is 20.5. The van der Waals surface area contributed by atoms with Gasteiger partial charge in [0.1, 0.15) is 0 Å². The van der Waals surface area contributed by atoms with Gasteiger partial charge in [0.25, 0.3) is 5.56 Å². The Morgan fingerprint density at radius 3 is 2.83 bits per heavy atom. The van der Waals surface area contributed by atoms with Crippen molar-refractivity contribution < 1.29 is 4.39 Å². The van der Waals surface area contributed by atoms with Crippen LogP contribution in [0.3, 0.4) is 0 Å². The van der Waals surface area contributed by atoms with Crippen LogP contribution in [-0.4, -0.2) is 34.1 Å². The minimum absolute atomic E-state index is 0.198. The summed E-state index contributed by atoms with van der Waals surface area (Å²) in [5.41, 5.74) is -1.60. The number of likely N-dealkylation sites (tertiary alicyclic amines) is 1. The lowest BCUT2D eigenvalue weighted by Crippen LogP contribution is -2.39. The van der Waals surface area contributed by atoms with Crippen LogP contribution < -0.4 is 11.2 Å². The van der Waals surface area contributed by atoms with E-state index >= 15 is 0 Å². The van der Waals surface area contributed by atoms with Gasteiger partial charge in [-0.2, -0.15) is 4.39 Å². The number of hydrogen-bond donors (Lipinski definition) is 1. The molecule has 5 nitrogen and oxygen atoms in total. The Labute approximate surface area is 108 Å². The highest BCUT2D eigenvalue weighted by molar-refractivity contribution is 6.29. The molecule has 1 aromatic rings. The summed E-state index contributed by atoms with van der Waals surface area (Å²) in [5.74, 6) is -0.897. The molecule has 1 atom stereocenters. The summed E-state index contributed by atoms with van der Waals surface area (Å²) >= 11 is 5.40. The van der Waals surface area contributed by atoms with Crippen molar-refractivity contribution in [3.05, 3.63) is 31.8 Å². The third-order valence-electron chi connectivity index (χ3n) is 3.35. The van der Waals surface area contributed by atoms with Crippen molar-refractivity contribution in [2.45, 2.75) is 19.9 Å². The third kappa shape index (κ3) is 2.49. The first-order valence-corrected chi connectivity index (χ1v) is 6.31. The highest BCUT2D eigenvalue weighted by Crippen LogP contribution is 2.16. The third-order valence-corrected chi connectivity index (χ3v) is 3.61. The maximum atomic E-state index is 13.3. The molecule has 0 spiro atoms. The number of aromatic amines is 1. The van der Waals surface area contributed by atoms with E-state index in [9.17, 15) is 14.0 Å². The van der Waals surface area contributed by atoms with E-state index < -0.39 is 22.2 Å². The summed E-state index contributed by atoms with van der Waals surface area (Å²) in [7, 11) is 0. The molecule has 1 N–H and O–H groups in total. The van der Waals surface area contributed by atoms with Crippen molar-refractivity contribution in [2.75, 3.05) is 19.6 Å². The molecule has 2 rings (SSSR count). The molecule has 0 bridgehead atoms. The zero-order valence-corrected chi connectivity index (χ0v) is 10.8. The first-order valence-electron chi connectivity index (χ1n) is 5.93. The molecule has 18 heavy (non-hydrogen) atoms. The molecule has 2 heterocycles. The molecule has 1 aliphatic rings. The number of H-pyrrole nitrogens is 1. The SMILES string of the molecule is CCN1CCC(Cn2c(=O)[nH]c(Cl)c(F)c2=O)C1. The van der Waals surface area contributed by atoms with E-state index in [0.29, 0.717) is 0 Å². The van der Waals surface area contributed by atoms with Crippen molar-refractivity contribution in [3.63, 3.8) is 0 Å². The second-order valence-electron chi connectivity index (χ2n) is 4.52. The summed E-state index contributed by atoms with van der Waals surface area (Å²) in [6.45, 7) is 5.01. The maximum absolute atomic E-state index is 13.3. The Hall–Kier alpha value is -1.14. The number of halogens is 2. The molecule has 1 aliphatic heterocycles. The Morgan fingerprint density at radius 2 is 2.22 bits per heavy atom. The van der Waals surface area contributed by atoms with Crippen LogP contribution in [0.1, 0.15) is 13.3 Å². The fourth-order valence-electron chi connectivity index (χ4n) is 2.29. The summed E-state index contributed by atoms with van der Waals surface area (Å²) in [6.07, 6.45) is 0.907. The van der Waals surface area contributed by atoms with E-state index in [4.69, 9.17) is 11.6 Å². The van der Waals surface area contributed by atoms with Gasteiger partial charge in [-0.05, 0) is 25.4 Å². The largest absolute Gasteiger partial charge is 0.329 e. The molecule has 1 unspecified atom stereocenters. The second kappa shape index (κ2) is 5.24. The van der Waals surface area contributed by atoms with Crippen LogP contribution in [-0.2, 0) is 6.54 Å². The fourth-order valence-corrected chi connectivity index (χ4v) is 2.46. The van der Waals surface area contributed by atoms with E-state index in [1.165, 1.54) is 0 Å². The van der Waals surface area contributed by atoms with E-state index in [1.54, 1.807) is 0 Å². The molecule has 1 aromatic heterocycles. The molecule has 0 amide bonds. The maximum Gasteiger partial charge on any atom is 0.329 e. The van der Waals surface area contributed by atoms with Crippen molar-refractivity contribution in [1.82, 2.24) is 14.5 Å². The zero-order valence-electron chi connectivity index (χ0n) is 10.1. The van der Waals surface area contributed by atoms with Gasteiger partial charge in [-0.25, -0.2) is 4.79 Å². The molecule has 0 saturated carbocycles. The molecule has 1 saturated heterocycles. The number of rotatable bonds is 3. The van der Waals surface area contributed by atoms with Crippen LogP contribution in [0.5, 0.6) is 0 Å². The average Bonchev–Trinajstić information content (AvgIpc) is 2.80. The van der Waals surface area contributed by atoms with Crippen LogP contribution in [0, 0.1) is 11.7 Å². The first kappa shape index (κ1) is 13.3. The van der Waals surface area contributed by atoms with E-state index in [0.717, 1.165) is 30.6 Å². The van der Waals surface area contributed by atoms with Crippen LogP contribution in [0.25, 0.3) is 0 Å². The fraction of sp³-hybridized carbons (Fsp3) is 0.636. The number of nitrogens with one attached hydrogen (secondary N) is 1. The smallest absolute Gasteiger partial charge is 0.303 e. The van der Waals surface area contributed by atoms with Gasteiger partial charge in [-0.15, -0.1) is 0 Å². The monoisotopic (exact) mass is 275 g/mol. The van der Waals surface area contributed by atoms with Crippen molar-refractivity contribution in [1.29, 1.82) is 0 Å². The van der Waals surface area contributed by atoms with Gasteiger partial charge < -0.3 is 4.90 Å². The Kier molecular flexibility index (Phi) is 3.87. The molecular weight excluding hydrogens is 261 g/mol. The van der Waals surface area contributed by atoms with E-state index in [2.05, 4.69) is 16.8 Å². The second-order valence-corrected chi connectivity index (χ2v) is 4.90. The lowest BCUT2D eigenvalue weighted by atomic mass is 10.1. The molecular formula is C11H15ClFN3O2. The summed E-state index contributed by atoms with van der Waals surface area (Å²) in [4.78, 5) is 27.6. The van der Waals surface area contributed by atoms with Gasteiger partial charge in [-0.1, -0.05) is 18.5 Å². The van der Waals surface area contributed by atoms with Crippen LogP contribution >= 0.6 is 11.6 Å². The van der Waals surface area contributed by atoms with Gasteiger partial charge in [0.05, 0.1) is 0 Å². The summed E-state index contributed by atoms with van der Waals surface area (Å²) < 4.78 is 14.2. The molecule has 7 heteroatoms. The van der Waals surface area contributed by atoms with Gasteiger partial charge >= 0.3 is 5.69 Å². The van der Waals surface area contributed by atoms with Crippen LogP contribution in [0.15, 0.2) is 9.59 Å². The topological polar surface area (TPSA) is 58.1 Å². The Bertz CT molecular complexity index is 554. The highest BCUT2D eigenvalue weighted by Gasteiger charge is 2.23. The predicted octanol–water partition coefficient (Wildman–Crippen LogP) is 0.671. The zero-order chi connectivity index (χ0) is 13.3. The van der Waals surface area contributed by atoms with Crippen molar-refractivity contribution in [3.8, 4) is 0 Å². The van der Waals surface area contributed by atoms with E-state index in [-0.39, 0.29) is 12.5 Å². The minimum Gasteiger partial charge on any atom is -0.303 e. The molecule has 1 fully saturated rings. The predicted molar refractivity (Wildman–Crippen MR) is 66.5 cm³/mol. The molecule has 0 aromatic carbocycles. The molecule has 0 aliphatic carbocycles. The minimum atomic E-state index is -1.10. The van der Waals surface area contributed by atoms with Gasteiger partial charge in [0.2, 0.25) is 5.82 Å². The van der Waals surface area contributed by atoms with Crippen LogP contribution in [0.4, 0.5) is 4.39 Å². The lowest BCUT2D eigenvalue weighted by Gasteiger charge is -2.13. The van der Waals surface area contributed by atoms with Gasteiger partial charge in [-0.3, -0.25) is 14.3 Å². The first-order chi connectivity index (χ1) is 8.52. The molecule has 100 valence electrons. The quantitative estimate of drug-likeness (QED) is 0.825. The van der Waals surface area contributed by atoms with Crippen LogP contribution in [0.2, 0.25) is 5.15 Å². The molecule has 0 radical (unpaired) electrons. The average molecular weight is 276 g/mol. The Morgan fingerprint density at radius 1 is 1.50 bits per heavy atom. The summed E-state index contributed by atoms with van der Waals surface area (Å²) in [5, 5.41) is -0.525. The highest BCUT2D eigenvalue weighted by atomic mass is 35.5. The number of hydrogen-bond acceptors (Lipinski definition) is 3.